The summed E-state index contributed by atoms with van der Waals surface area (Å²) in [5.41, 5.74) is 2.88. The van der Waals surface area contributed by atoms with Crippen LogP contribution in [0, 0.1) is 0 Å². The molecule has 6 heteroatoms. The fourth-order valence-electron chi connectivity index (χ4n) is 2.70. The number of hydrogen-bond acceptors (Lipinski definition) is 4. The number of H-pyrrole nitrogens is 1. The highest BCUT2D eigenvalue weighted by molar-refractivity contribution is 6.07. The Kier molecular flexibility index (Phi) is 4.66. The first-order valence-electron chi connectivity index (χ1n) is 8.02. The first-order valence-corrected chi connectivity index (χ1v) is 8.02. The molecule has 3 aromatic rings. The topological polar surface area (TPSA) is 84.4 Å². The van der Waals surface area contributed by atoms with Gasteiger partial charge in [0, 0.05) is 29.0 Å². The van der Waals surface area contributed by atoms with Crippen molar-refractivity contribution < 1.29 is 19.4 Å². The zero-order valence-corrected chi connectivity index (χ0v) is 13.7. The van der Waals surface area contributed by atoms with Crippen LogP contribution in [0.15, 0.2) is 30.5 Å². The third kappa shape index (κ3) is 3.33. The second-order valence-corrected chi connectivity index (χ2v) is 5.73. The van der Waals surface area contributed by atoms with Crippen LogP contribution < -0.4 is 4.74 Å². The van der Waals surface area contributed by atoms with E-state index in [9.17, 15) is 4.79 Å². The maximum Gasteiger partial charge on any atom is 0.512 e. The summed E-state index contributed by atoms with van der Waals surface area (Å²) < 4.78 is 10.5. The van der Waals surface area contributed by atoms with Crippen molar-refractivity contribution in [1.29, 1.82) is 0 Å². The Morgan fingerprint density at radius 1 is 1.29 bits per heavy atom. The number of aromatic nitrogens is 2. The fourth-order valence-corrected chi connectivity index (χ4v) is 2.70. The number of fused-ring (bicyclic) bond motifs is 3. The third-order valence-electron chi connectivity index (χ3n) is 4.01. The largest absolute Gasteiger partial charge is 0.512 e. The molecule has 0 bridgehead atoms. The highest BCUT2D eigenvalue weighted by Crippen LogP contribution is 2.30. The fraction of sp³-hybridized carbons (Fsp3) is 0.333. The van der Waals surface area contributed by atoms with Crippen molar-refractivity contribution in [3.8, 4) is 5.88 Å². The summed E-state index contributed by atoms with van der Waals surface area (Å²) in [5, 5.41) is 10.6. The van der Waals surface area contributed by atoms with Gasteiger partial charge in [0.2, 0.25) is 5.88 Å². The monoisotopic (exact) mass is 328 g/mol. The highest BCUT2D eigenvalue weighted by Gasteiger charge is 2.12. The molecule has 2 aromatic heterocycles. The van der Waals surface area contributed by atoms with Crippen molar-refractivity contribution in [1.82, 2.24) is 9.97 Å². The number of nitrogens with one attached hydrogen (secondary N) is 1. The van der Waals surface area contributed by atoms with Crippen LogP contribution in [-0.4, -0.2) is 27.8 Å². The first-order chi connectivity index (χ1) is 11.6. The molecule has 2 N–H and O–H groups in total. The number of hydrogen-bond donors (Lipinski definition) is 2. The van der Waals surface area contributed by atoms with Crippen molar-refractivity contribution in [3.05, 3.63) is 36.0 Å². The lowest BCUT2D eigenvalue weighted by molar-refractivity contribution is 0.0638. The zero-order chi connectivity index (χ0) is 17.1. The minimum absolute atomic E-state index is 0.00229. The second kappa shape index (κ2) is 6.88. The number of carbonyl (C=O) groups is 1. The predicted molar refractivity (Wildman–Crippen MR) is 91.5 cm³/mol. The summed E-state index contributed by atoms with van der Waals surface area (Å²) in [7, 11) is 0. The lowest BCUT2D eigenvalue weighted by Crippen LogP contribution is -2.04. The molecule has 0 saturated carbocycles. The van der Waals surface area contributed by atoms with Gasteiger partial charge in [-0.3, -0.25) is 0 Å². The number of rotatable bonds is 6. The summed E-state index contributed by atoms with van der Waals surface area (Å²) >= 11 is 0. The Morgan fingerprint density at radius 3 is 2.83 bits per heavy atom. The van der Waals surface area contributed by atoms with Crippen LogP contribution in [-0.2, 0) is 4.74 Å². The van der Waals surface area contributed by atoms with Gasteiger partial charge in [0.15, 0.2) is 0 Å². The van der Waals surface area contributed by atoms with E-state index in [0.29, 0.717) is 0 Å². The number of benzene rings is 1. The first kappa shape index (κ1) is 16.3. The number of pyridine rings is 1. The number of ether oxygens (including phenoxy) is 2. The summed E-state index contributed by atoms with van der Waals surface area (Å²) in [6.45, 7) is 4.91. The molecule has 1 unspecified atom stereocenters. The molecule has 2 heterocycles. The van der Waals surface area contributed by atoms with E-state index < -0.39 is 6.16 Å². The van der Waals surface area contributed by atoms with Crippen molar-refractivity contribution in [2.24, 2.45) is 0 Å². The molecule has 1 aromatic carbocycles. The van der Waals surface area contributed by atoms with E-state index in [1.807, 2.05) is 19.1 Å². The molecule has 0 radical (unpaired) electrons. The van der Waals surface area contributed by atoms with Gasteiger partial charge in [-0.15, -0.1) is 0 Å². The van der Waals surface area contributed by atoms with Crippen LogP contribution in [0.5, 0.6) is 5.88 Å². The van der Waals surface area contributed by atoms with Gasteiger partial charge in [-0.05, 0) is 31.0 Å². The Morgan fingerprint density at radius 2 is 2.08 bits per heavy atom. The van der Waals surface area contributed by atoms with Gasteiger partial charge < -0.3 is 19.6 Å². The second-order valence-electron chi connectivity index (χ2n) is 5.73. The molecule has 6 nitrogen and oxygen atoms in total. The molecule has 0 aliphatic carbocycles. The average molecular weight is 328 g/mol. The molecule has 0 spiro atoms. The van der Waals surface area contributed by atoms with Crippen LogP contribution in [0.2, 0.25) is 0 Å². The van der Waals surface area contributed by atoms with E-state index in [-0.39, 0.29) is 12.0 Å². The molecular weight excluding hydrogens is 308 g/mol. The molecule has 0 amide bonds. The maximum atomic E-state index is 10.7. The standard InChI is InChI=1S/C18H20N2O4/c1-3-4-7-23-11(2)12-5-6-15-13(8-12)14-9-17(24-18(21)22)19-10-16(14)20-15/h5-6,8-11,20H,3-4,7H2,1-2H3,(H,21,22). The Hall–Kier alpha value is -2.60. The quantitative estimate of drug-likeness (QED) is 0.508. The number of carboxylic acid groups (broad SMARTS) is 1. The van der Waals surface area contributed by atoms with E-state index in [0.717, 1.165) is 46.8 Å². The molecule has 24 heavy (non-hydrogen) atoms. The SMILES string of the molecule is CCCCOC(C)c1ccc2[nH]c3cnc(OC(=O)O)cc3c2c1. The third-order valence-corrected chi connectivity index (χ3v) is 4.01. The molecular formula is C18H20N2O4. The number of aromatic amines is 1. The predicted octanol–water partition coefficient (Wildman–Crippen LogP) is 4.65. The van der Waals surface area contributed by atoms with E-state index in [1.165, 1.54) is 0 Å². The van der Waals surface area contributed by atoms with Crippen molar-refractivity contribution >= 4 is 28.0 Å². The average Bonchev–Trinajstić information content (AvgIpc) is 2.91. The van der Waals surface area contributed by atoms with E-state index in [1.54, 1.807) is 12.3 Å². The smallest absolute Gasteiger partial charge is 0.449 e. The van der Waals surface area contributed by atoms with Gasteiger partial charge in [0.1, 0.15) is 0 Å². The normalized spacial score (nSPS) is 12.6. The summed E-state index contributed by atoms with van der Waals surface area (Å²) in [6.07, 6.45) is 2.35. The Balaban J connectivity index is 1.97. The Labute approximate surface area is 139 Å². The molecule has 1 atom stereocenters. The molecule has 0 saturated heterocycles. The van der Waals surface area contributed by atoms with E-state index in [2.05, 4.69) is 27.7 Å². The van der Waals surface area contributed by atoms with Gasteiger partial charge in [0.25, 0.3) is 0 Å². The van der Waals surface area contributed by atoms with Gasteiger partial charge in [-0.25, -0.2) is 9.78 Å². The van der Waals surface area contributed by atoms with Crippen LogP contribution in [0.1, 0.15) is 38.4 Å². The minimum Gasteiger partial charge on any atom is -0.449 e. The van der Waals surface area contributed by atoms with E-state index in [4.69, 9.17) is 9.84 Å². The van der Waals surface area contributed by atoms with Crippen molar-refractivity contribution in [2.45, 2.75) is 32.8 Å². The van der Waals surface area contributed by atoms with Gasteiger partial charge in [0.05, 0.1) is 17.8 Å². The molecule has 0 aliphatic heterocycles. The molecule has 0 aliphatic rings. The van der Waals surface area contributed by atoms with Gasteiger partial charge in [-0.2, -0.15) is 0 Å². The van der Waals surface area contributed by atoms with Crippen molar-refractivity contribution in [2.75, 3.05) is 6.61 Å². The highest BCUT2D eigenvalue weighted by atomic mass is 16.7. The molecule has 126 valence electrons. The lowest BCUT2D eigenvalue weighted by atomic mass is 10.1. The zero-order valence-electron chi connectivity index (χ0n) is 13.7. The summed E-state index contributed by atoms with van der Waals surface area (Å²) in [4.78, 5) is 18.0. The lowest BCUT2D eigenvalue weighted by Gasteiger charge is -2.13. The van der Waals surface area contributed by atoms with Gasteiger partial charge >= 0.3 is 6.16 Å². The summed E-state index contributed by atoms with van der Waals surface area (Å²) in [6, 6.07) is 7.74. The van der Waals surface area contributed by atoms with E-state index >= 15 is 0 Å². The number of nitrogens with zero attached hydrogens (tertiary/aromatic N) is 1. The van der Waals surface area contributed by atoms with Crippen molar-refractivity contribution in [3.63, 3.8) is 0 Å². The van der Waals surface area contributed by atoms with Crippen LogP contribution in [0.25, 0.3) is 21.8 Å². The minimum atomic E-state index is -1.37. The molecule has 0 fully saturated rings. The van der Waals surface area contributed by atoms with Crippen LogP contribution in [0.4, 0.5) is 4.79 Å². The van der Waals surface area contributed by atoms with Crippen LogP contribution >= 0.6 is 0 Å². The number of unbranched alkanes of at least 4 members (excludes halogenated alkanes) is 1. The van der Waals surface area contributed by atoms with Gasteiger partial charge in [-0.1, -0.05) is 19.4 Å². The van der Waals surface area contributed by atoms with Crippen LogP contribution in [0.3, 0.4) is 0 Å². The molecule has 3 rings (SSSR count). The Bertz CT molecular complexity index is 872. The summed E-state index contributed by atoms with van der Waals surface area (Å²) in [5.74, 6) is 0.0635. The maximum absolute atomic E-state index is 10.7.